The molecule has 25 heavy (non-hydrogen) atoms. The molecule has 0 N–H and O–H groups in total. The number of thiophene rings is 1. The van der Waals surface area contributed by atoms with E-state index >= 15 is 0 Å². The lowest BCUT2D eigenvalue weighted by atomic mass is 9.89. The van der Waals surface area contributed by atoms with Crippen LogP contribution < -0.4 is 0 Å². The largest absolute Gasteiger partial charge is 0.418 e. The molecule has 0 amide bonds. The summed E-state index contributed by atoms with van der Waals surface area (Å²) in [5.74, 6) is 2.14. The molecule has 0 aliphatic carbocycles. The van der Waals surface area contributed by atoms with E-state index in [4.69, 9.17) is 4.42 Å². The first-order valence-corrected chi connectivity index (χ1v) is 9.83. The van der Waals surface area contributed by atoms with Gasteiger partial charge in [-0.15, -0.1) is 21.5 Å². The maximum Gasteiger partial charge on any atom is 0.257 e. The molecule has 4 nitrogen and oxygen atoms in total. The lowest BCUT2D eigenvalue weighted by molar-refractivity contribution is 0.125. The van der Waals surface area contributed by atoms with Crippen LogP contribution in [0, 0.1) is 5.92 Å². The van der Waals surface area contributed by atoms with E-state index in [1.807, 2.05) is 17.5 Å². The van der Waals surface area contributed by atoms with Gasteiger partial charge in [0, 0.05) is 0 Å². The molecule has 0 spiro atoms. The zero-order chi connectivity index (χ0) is 17.1. The Bertz CT molecular complexity index is 776. The van der Waals surface area contributed by atoms with Crippen LogP contribution in [-0.2, 0) is 6.42 Å². The summed E-state index contributed by atoms with van der Waals surface area (Å²) in [6.45, 7) is 4.36. The second-order valence-electron chi connectivity index (χ2n) is 6.77. The van der Waals surface area contributed by atoms with Crippen LogP contribution in [0.25, 0.3) is 10.8 Å². The maximum absolute atomic E-state index is 5.91. The van der Waals surface area contributed by atoms with Gasteiger partial charge in [-0.1, -0.05) is 36.4 Å². The van der Waals surface area contributed by atoms with Crippen LogP contribution in [0.5, 0.6) is 0 Å². The molecule has 1 aliphatic rings. The number of piperidine rings is 1. The number of hydrogen-bond donors (Lipinski definition) is 0. The minimum Gasteiger partial charge on any atom is -0.418 e. The Morgan fingerprint density at radius 1 is 1.12 bits per heavy atom. The van der Waals surface area contributed by atoms with Crippen molar-refractivity contribution in [2.45, 2.75) is 32.2 Å². The van der Waals surface area contributed by atoms with E-state index in [1.165, 1.54) is 24.8 Å². The van der Waals surface area contributed by atoms with Crippen LogP contribution in [0.3, 0.4) is 0 Å². The molecule has 3 aromatic rings. The summed E-state index contributed by atoms with van der Waals surface area (Å²) in [4.78, 5) is 3.50. The average molecular weight is 353 g/mol. The highest BCUT2D eigenvalue weighted by molar-refractivity contribution is 7.13. The van der Waals surface area contributed by atoms with Gasteiger partial charge in [0.15, 0.2) is 0 Å². The van der Waals surface area contributed by atoms with E-state index < -0.39 is 0 Å². The number of nitrogens with zero attached hydrogens (tertiary/aromatic N) is 3. The number of aromatic nitrogens is 2. The second-order valence-corrected chi connectivity index (χ2v) is 7.72. The third-order valence-corrected chi connectivity index (χ3v) is 5.95. The van der Waals surface area contributed by atoms with Gasteiger partial charge in [-0.05, 0) is 62.2 Å². The summed E-state index contributed by atoms with van der Waals surface area (Å²) in [7, 11) is 0. The number of hydrogen-bond acceptors (Lipinski definition) is 5. The monoisotopic (exact) mass is 353 g/mol. The summed E-state index contributed by atoms with van der Waals surface area (Å²) in [6, 6.07) is 15.0. The van der Waals surface area contributed by atoms with Gasteiger partial charge in [0.1, 0.15) is 0 Å². The van der Waals surface area contributed by atoms with E-state index in [-0.39, 0.29) is 6.04 Å². The molecule has 2 aromatic heterocycles. The van der Waals surface area contributed by atoms with Crippen LogP contribution in [0.15, 0.2) is 52.3 Å². The highest BCUT2D eigenvalue weighted by Crippen LogP contribution is 2.30. The highest BCUT2D eigenvalue weighted by Gasteiger charge is 2.27. The fourth-order valence-electron chi connectivity index (χ4n) is 3.55. The van der Waals surface area contributed by atoms with Gasteiger partial charge >= 0.3 is 0 Å². The lowest BCUT2D eigenvalue weighted by Crippen LogP contribution is -2.36. The molecule has 1 aromatic carbocycles. The van der Waals surface area contributed by atoms with Crippen LogP contribution in [0.1, 0.15) is 37.3 Å². The molecule has 0 saturated carbocycles. The molecule has 1 saturated heterocycles. The zero-order valence-corrected chi connectivity index (χ0v) is 15.3. The molecule has 1 fully saturated rings. The molecule has 4 rings (SSSR count). The van der Waals surface area contributed by atoms with Crippen molar-refractivity contribution in [1.29, 1.82) is 0 Å². The standard InChI is InChI=1S/C20H23N3OS/c1-15(19-21-22-20(24-19)18-8-5-13-25-18)23-11-9-17(10-12-23)14-16-6-3-2-4-7-16/h2-8,13,15,17H,9-12,14H2,1H3/t15-/m1/s1. The first-order chi connectivity index (χ1) is 12.3. The fourth-order valence-corrected chi connectivity index (χ4v) is 4.20. The second kappa shape index (κ2) is 7.50. The van der Waals surface area contributed by atoms with Crippen LogP contribution >= 0.6 is 11.3 Å². The number of rotatable bonds is 5. The Balaban J connectivity index is 1.34. The van der Waals surface area contributed by atoms with Crippen molar-refractivity contribution in [3.05, 3.63) is 59.3 Å². The fraction of sp³-hybridized carbons (Fsp3) is 0.400. The first-order valence-electron chi connectivity index (χ1n) is 8.95. The molecule has 0 bridgehead atoms. The topological polar surface area (TPSA) is 42.2 Å². The van der Waals surface area contributed by atoms with Crippen LogP contribution in [0.4, 0.5) is 0 Å². The Morgan fingerprint density at radius 2 is 1.92 bits per heavy atom. The van der Waals surface area contributed by atoms with E-state index in [1.54, 1.807) is 11.3 Å². The molecular weight excluding hydrogens is 330 g/mol. The smallest absolute Gasteiger partial charge is 0.257 e. The zero-order valence-electron chi connectivity index (χ0n) is 14.5. The van der Waals surface area contributed by atoms with Crippen molar-refractivity contribution in [3.63, 3.8) is 0 Å². The van der Waals surface area contributed by atoms with Crippen molar-refractivity contribution in [2.75, 3.05) is 13.1 Å². The van der Waals surface area contributed by atoms with E-state index in [2.05, 4.69) is 52.4 Å². The van der Waals surface area contributed by atoms with Crippen molar-refractivity contribution in [2.24, 2.45) is 5.92 Å². The number of benzene rings is 1. The lowest BCUT2D eigenvalue weighted by Gasteiger charge is -2.34. The Morgan fingerprint density at radius 3 is 2.64 bits per heavy atom. The summed E-state index contributed by atoms with van der Waals surface area (Å²) in [5, 5.41) is 10.5. The molecule has 5 heteroatoms. The number of likely N-dealkylation sites (tertiary alicyclic amines) is 1. The average Bonchev–Trinajstić information content (AvgIpc) is 3.34. The molecular formula is C20H23N3OS. The van der Waals surface area contributed by atoms with Gasteiger partial charge in [0.05, 0.1) is 10.9 Å². The SMILES string of the molecule is C[C@H](c1nnc(-c2cccs2)o1)N1CCC(Cc2ccccc2)CC1. The minimum atomic E-state index is 0.180. The molecule has 0 radical (unpaired) electrons. The minimum absolute atomic E-state index is 0.180. The van der Waals surface area contributed by atoms with Gasteiger partial charge < -0.3 is 4.42 Å². The van der Waals surface area contributed by atoms with Crippen LogP contribution in [0.2, 0.25) is 0 Å². The summed E-state index contributed by atoms with van der Waals surface area (Å²) >= 11 is 1.63. The normalized spacial score (nSPS) is 17.6. The van der Waals surface area contributed by atoms with Crippen LogP contribution in [-0.4, -0.2) is 28.2 Å². The summed E-state index contributed by atoms with van der Waals surface area (Å²) in [5.41, 5.74) is 1.45. The molecule has 130 valence electrons. The maximum atomic E-state index is 5.91. The highest BCUT2D eigenvalue weighted by atomic mass is 32.1. The van der Waals surface area contributed by atoms with E-state index in [9.17, 15) is 0 Å². The Kier molecular flexibility index (Phi) is 4.95. The molecule has 0 unspecified atom stereocenters. The van der Waals surface area contributed by atoms with Crippen molar-refractivity contribution in [3.8, 4) is 10.8 Å². The summed E-state index contributed by atoms with van der Waals surface area (Å²) in [6.07, 6.45) is 3.64. The molecule has 1 aliphatic heterocycles. The van der Waals surface area contributed by atoms with E-state index in [0.29, 0.717) is 5.89 Å². The van der Waals surface area contributed by atoms with Gasteiger partial charge in [-0.3, -0.25) is 4.90 Å². The molecule has 1 atom stereocenters. The van der Waals surface area contributed by atoms with Crippen molar-refractivity contribution < 1.29 is 4.42 Å². The molecule has 3 heterocycles. The van der Waals surface area contributed by atoms with Crippen molar-refractivity contribution in [1.82, 2.24) is 15.1 Å². The predicted molar refractivity (Wildman–Crippen MR) is 100 cm³/mol. The third-order valence-electron chi connectivity index (χ3n) is 5.09. The van der Waals surface area contributed by atoms with Gasteiger partial charge in [-0.25, -0.2) is 0 Å². The third kappa shape index (κ3) is 3.83. The first kappa shape index (κ1) is 16.5. The van der Waals surface area contributed by atoms with Gasteiger partial charge in [-0.2, -0.15) is 0 Å². The van der Waals surface area contributed by atoms with E-state index in [0.717, 1.165) is 29.8 Å². The predicted octanol–water partition coefficient (Wildman–Crippen LogP) is 4.81. The van der Waals surface area contributed by atoms with Gasteiger partial charge in [0.25, 0.3) is 5.89 Å². The van der Waals surface area contributed by atoms with Gasteiger partial charge in [0.2, 0.25) is 5.89 Å². The van der Waals surface area contributed by atoms with Crippen molar-refractivity contribution >= 4 is 11.3 Å². The Hall–Kier alpha value is -1.98. The quantitative estimate of drug-likeness (QED) is 0.660. The summed E-state index contributed by atoms with van der Waals surface area (Å²) < 4.78 is 5.91. The Labute approximate surface area is 152 Å².